The number of cyclic esters (lactones) is 1. The zero-order valence-corrected chi connectivity index (χ0v) is 12.2. The Bertz CT molecular complexity index is 623. The van der Waals surface area contributed by atoms with Crippen molar-refractivity contribution in [2.45, 2.75) is 50.9 Å². The van der Waals surface area contributed by atoms with E-state index in [9.17, 15) is 19.8 Å². The summed E-state index contributed by atoms with van der Waals surface area (Å²) in [7, 11) is 0. The lowest BCUT2D eigenvalue weighted by atomic mass is 9.95. The van der Waals surface area contributed by atoms with Crippen molar-refractivity contribution in [1.29, 1.82) is 0 Å². The summed E-state index contributed by atoms with van der Waals surface area (Å²) < 4.78 is 10.7. The average molecular weight is 306 g/mol. The normalized spacial score (nSPS) is 28.7. The van der Waals surface area contributed by atoms with Gasteiger partial charge in [-0.05, 0) is 37.8 Å². The van der Waals surface area contributed by atoms with E-state index in [0.29, 0.717) is 12.8 Å². The van der Waals surface area contributed by atoms with Gasteiger partial charge in [-0.1, -0.05) is 0 Å². The van der Waals surface area contributed by atoms with E-state index in [2.05, 4.69) is 0 Å². The standard InChI is InChI=1S/C16H18O6/c1-8-3-2-4-12-16(22-12)15(20)14-9(6-13(19)21-8)5-10(17)7-11(14)18/h5,7-8,12,16-18H,2-4,6H2,1H3/t8-,12+,16-/m1/s1. The smallest absolute Gasteiger partial charge is 0.310 e. The van der Waals surface area contributed by atoms with Gasteiger partial charge in [0.05, 0.1) is 24.2 Å². The van der Waals surface area contributed by atoms with Gasteiger partial charge in [-0.15, -0.1) is 0 Å². The first-order valence-electron chi connectivity index (χ1n) is 7.39. The SMILES string of the molecule is C[C@@H]1CCC[C@@H]2O[C@H]2C(=O)c2c(O)cc(O)cc2CC(=O)O1. The van der Waals surface area contributed by atoms with Crippen LogP contribution < -0.4 is 0 Å². The minimum atomic E-state index is -0.569. The van der Waals surface area contributed by atoms with Crippen LogP contribution in [0.3, 0.4) is 0 Å². The van der Waals surface area contributed by atoms with Gasteiger partial charge in [0.1, 0.15) is 17.6 Å². The van der Waals surface area contributed by atoms with Crippen molar-refractivity contribution in [2.75, 3.05) is 0 Å². The molecule has 22 heavy (non-hydrogen) atoms. The highest BCUT2D eigenvalue weighted by Crippen LogP contribution is 2.36. The lowest BCUT2D eigenvalue weighted by Gasteiger charge is -2.15. The molecule has 2 aliphatic heterocycles. The molecule has 0 aromatic heterocycles. The summed E-state index contributed by atoms with van der Waals surface area (Å²) >= 11 is 0. The van der Waals surface area contributed by atoms with Gasteiger partial charge in [0.25, 0.3) is 0 Å². The molecular formula is C16H18O6. The van der Waals surface area contributed by atoms with E-state index >= 15 is 0 Å². The number of epoxide rings is 1. The van der Waals surface area contributed by atoms with E-state index in [-0.39, 0.29) is 47.0 Å². The van der Waals surface area contributed by atoms with Gasteiger partial charge in [-0.25, -0.2) is 0 Å². The lowest BCUT2D eigenvalue weighted by molar-refractivity contribution is -0.147. The number of Topliss-reactive ketones (excluding diaryl/α,β-unsaturated/α-hetero) is 1. The highest BCUT2D eigenvalue weighted by Gasteiger charge is 2.46. The molecule has 2 N–H and O–H groups in total. The third kappa shape index (κ3) is 2.92. The summed E-state index contributed by atoms with van der Waals surface area (Å²) in [6, 6.07) is 2.40. The number of ether oxygens (including phenoxy) is 2. The molecule has 6 nitrogen and oxygen atoms in total. The number of aromatic hydroxyl groups is 2. The van der Waals surface area contributed by atoms with Crippen LogP contribution in [0.25, 0.3) is 0 Å². The maximum Gasteiger partial charge on any atom is 0.310 e. The number of phenols is 2. The second kappa shape index (κ2) is 5.61. The Balaban J connectivity index is 1.98. The molecule has 2 heterocycles. The summed E-state index contributed by atoms with van der Waals surface area (Å²) in [4.78, 5) is 24.4. The monoisotopic (exact) mass is 306 g/mol. The Morgan fingerprint density at radius 1 is 1.18 bits per heavy atom. The number of hydrogen-bond donors (Lipinski definition) is 2. The average Bonchev–Trinajstić information content (AvgIpc) is 3.15. The first-order valence-corrected chi connectivity index (χ1v) is 7.39. The Hall–Kier alpha value is -2.08. The third-order valence-corrected chi connectivity index (χ3v) is 4.04. The van der Waals surface area contributed by atoms with E-state index in [4.69, 9.17) is 9.47 Å². The van der Waals surface area contributed by atoms with Crippen LogP contribution in [0.4, 0.5) is 0 Å². The topological polar surface area (TPSA) is 96.4 Å². The molecule has 1 aromatic carbocycles. The fourth-order valence-corrected chi connectivity index (χ4v) is 2.92. The summed E-state index contributed by atoms with van der Waals surface area (Å²) in [5.41, 5.74) is 0.296. The van der Waals surface area contributed by atoms with Crippen LogP contribution in [0.2, 0.25) is 0 Å². The molecule has 1 aromatic rings. The Morgan fingerprint density at radius 3 is 2.73 bits per heavy atom. The van der Waals surface area contributed by atoms with E-state index in [1.807, 2.05) is 6.92 Å². The van der Waals surface area contributed by atoms with Crippen molar-refractivity contribution >= 4 is 11.8 Å². The molecule has 0 spiro atoms. The van der Waals surface area contributed by atoms with Crippen LogP contribution in [-0.2, 0) is 20.7 Å². The van der Waals surface area contributed by atoms with Gasteiger partial charge in [-0.2, -0.15) is 0 Å². The van der Waals surface area contributed by atoms with Crippen LogP contribution in [0.1, 0.15) is 42.1 Å². The first kappa shape index (κ1) is 14.8. The van der Waals surface area contributed by atoms with Gasteiger partial charge in [0.2, 0.25) is 0 Å². The Morgan fingerprint density at radius 2 is 1.95 bits per heavy atom. The van der Waals surface area contributed by atoms with Crippen molar-refractivity contribution in [1.82, 2.24) is 0 Å². The Kier molecular flexibility index (Phi) is 3.78. The summed E-state index contributed by atoms with van der Waals surface area (Å²) in [6.45, 7) is 1.82. The maximum atomic E-state index is 12.5. The highest BCUT2D eigenvalue weighted by molar-refractivity contribution is 6.05. The molecule has 1 fully saturated rings. The number of carbonyl (C=O) groups is 2. The fraction of sp³-hybridized carbons (Fsp3) is 0.500. The molecule has 0 radical (unpaired) electrons. The number of phenolic OH excluding ortho intramolecular Hbond substituents is 2. The minimum absolute atomic E-state index is 0.0375. The van der Waals surface area contributed by atoms with E-state index in [0.717, 1.165) is 12.5 Å². The summed E-state index contributed by atoms with van der Waals surface area (Å²) in [5.74, 6) is -1.38. The largest absolute Gasteiger partial charge is 0.508 e. The number of fused-ring (bicyclic) bond motifs is 2. The molecule has 118 valence electrons. The van der Waals surface area contributed by atoms with Gasteiger partial charge in [-0.3, -0.25) is 9.59 Å². The molecular weight excluding hydrogens is 288 g/mol. The van der Waals surface area contributed by atoms with Crippen LogP contribution in [0.15, 0.2) is 12.1 Å². The van der Waals surface area contributed by atoms with Crippen molar-refractivity contribution in [3.63, 3.8) is 0 Å². The quantitative estimate of drug-likeness (QED) is 0.559. The van der Waals surface area contributed by atoms with Crippen molar-refractivity contribution in [3.05, 3.63) is 23.3 Å². The van der Waals surface area contributed by atoms with Crippen LogP contribution >= 0.6 is 0 Å². The third-order valence-electron chi connectivity index (χ3n) is 4.04. The van der Waals surface area contributed by atoms with Crippen molar-refractivity contribution in [3.8, 4) is 11.5 Å². The maximum absolute atomic E-state index is 12.5. The van der Waals surface area contributed by atoms with E-state index < -0.39 is 12.1 Å². The predicted molar refractivity (Wildman–Crippen MR) is 75.9 cm³/mol. The molecule has 0 amide bonds. The zero-order chi connectivity index (χ0) is 15.9. The van der Waals surface area contributed by atoms with Crippen LogP contribution in [0.5, 0.6) is 11.5 Å². The van der Waals surface area contributed by atoms with Crippen molar-refractivity contribution in [2.24, 2.45) is 0 Å². The molecule has 0 unspecified atom stereocenters. The summed E-state index contributed by atoms with van der Waals surface area (Å²) in [5, 5.41) is 19.6. The van der Waals surface area contributed by atoms with Gasteiger partial charge in [0, 0.05) is 6.07 Å². The predicted octanol–water partition coefficient (Wildman–Crippen LogP) is 1.71. The molecule has 0 aliphatic carbocycles. The van der Waals surface area contributed by atoms with Crippen molar-refractivity contribution < 1.29 is 29.3 Å². The van der Waals surface area contributed by atoms with E-state index in [1.165, 1.54) is 6.07 Å². The van der Waals surface area contributed by atoms with Crippen LogP contribution in [0, 0.1) is 0 Å². The number of ketones is 1. The summed E-state index contributed by atoms with van der Waals surface area (Å²) in [6.07, 6.45) is 1.13. The van der Waals surface area contributed by atoms with E-state index in [1.54, 1.807) is 0 Å². The molecule has 6 heteroatoms. The lowest BCUT2D eigenvalue weighted by Crippen LogP contribution is -2.20. The molecule has 0 bridgehead atoms. The highest BCUT2D eigenvalue weighted by atomic mass is 16.6. The minimum Gasteiger partial charge on any atom is -0.508 e. The molecule has 3 atom stereocenters. The first-order chi connectivity index (χ1) is 10.5. The number of hydrogen-bond acceptors (Lipinski definition) is 6. The van der Waals surface area contributed by atoms with Gasteiger partial charge in [0.15, 0.2) is 5.78 Å². The molecule has 0 saturated carbocycles. The number of esters is 1. The fourth-order valence-electron chi connectivity index (χ4n) is 2.92. The van der Waals surface area contributed by atoms with Gasteiger partial charge >= 0.3 is 5.97 Å². The second-order valence-corrected chi connectivity index (χ2v) is 5.87. The van der Waals surface area contributed by atoms with Crippen LogP contribution in [-0.4, -0.2) is 40.3 Å². The van der Waals surface area contributed by atoms with Gasteiger partial charge < -0.3 is 19.7 Å². The Labute approximate surface area is 127 Å². The second-order valence-electron chi connectivity index (χ2n) is 5.87. The number of benzene rings is 1. The molecule has 2 aliphatic rings. The number of carbonyl (C=O) groups excluding carboxylic acids is 2. The zero-order valence-electron chi connectivity index (χ0n) is 12.2. The molecule has 1 saturated heterocycles. The number of rotatable bonds is 0. The molecule has 3 rings (SSSR count).